The van der Waals surface area contributed by atoms with Crippen LogP contribution in [-0.4, -0.2) is 50.3 Å². The smallest absolute Gasteiger partial charge is 0.243 e. The molecule has 33 heavy (non-hydrogen) atoms. The Morgan fingerprint density at radius 3 is 2.36 bits per heavy atom. The van der Waals surface area contributed by atoms with Crippen molar-refractivity contribution in [3.8, 4) is 5.75 Å². The van der Waals surface area contributed by atoms with Crippen LogP contribution in [0, 0.1) is 0 Å². The van der Waals surface area contributed by atoms with Crippen molar-refractivity contribution in [2.75, 3.05) is 25.0 Å². The minimum Gasteiger partial charge on any atom is -0.494 e. The average Bonchev–Trinajstić information content (AvgIpc) is 2.79. The van der Waals surface area contributed by atoms with E-state index in [1.54, 1.807) is 12.1 Å². The molecule has 0 aromatic heterocycles. The van der Waals surface area contributed by atoms with Gasteiger partial charge in [-0.2, -0.15) is 4.31 Å². The van der Waals surface area contributed by atoms with Gasteiger partial charge in [-0.3, -0.25) is 9.59 Å². The summed E-state index contributed by atoms with van der Waals surface area (Å²) in [5.41, 5.74) is 1.55. The molecule has 1 fully saturated rings. The SMILES string of the molecule is CCOc1ccccc1CCC(=O)NC1CCN(S(=O)(=O)c2ccc(NC(C)=O)cc2)CC1. The van der Waals surface area contributed by atoms with E-state index in [-0.39, 0.29) is 22.8 Å². The second-order valence-electron chi connectivity index (χ2n) is 7.99. The van der Waals surface area contributed by atoms with Crippen LogP contribution in [0.5, 0.6) is 5.75 Å². The van der Waals surface area contributed by atoms with Crippen molar-refractivity contribution in [2.45, 2.75) is 50.5 Å². The van der Waals surface area contributed by atoms with E-state index < -0.39 is 10.0 Å². The molecule has 2 aromatic carbocycles. The van der Waals surface area contributed by atoms with E-state index in [4.69, 9.17) is 4.74 Å². The number of para-hydroxylation sites is 1. The largest absolute Gasteiger partial charge is 0.494 e. The lowest BCUT2D eigenvalue weighted by molar-refractivity contribution is -0.122. The van der Waals surface area contributed by atoms with Gasteiger partial charge in [-0.1, -0.05) is 18.2 Å². The Morgan fingerprint density at radius 2 is 1.73 bits per heavy atom. The number of sulfonamides is 1. The number of ether oxygens (including phenoxy) is 1. The van der Waals surface area contributed by atoms with E-state index in [0.717, 1.165) is 11.3 Å². The molecule has 0 atom stereocenters. The number of benzene rings is 2. The maximum absolute atomic E-state index is 12.9. The lowest BCUT2D eigenvalue weighted by Gasteiger charge is -2.31. The molecule has 1 aliphatic rings. The summed E-state index contributed by atoms with van der Waals surface area (Å²) in [7, 11) is -3.62. The molecule has 9 heteroatoms. The van der Waals surface area contributed by atoms with Crippen LogP contribution in [0.4, 0.5) is 5.69 Å². The first-order chi connectivity index (χ1) is 15.8. The van der Waals surface area contributed by atoms with Gasteiger partial charge < -0.3 is 15.4 Å². The zero-order valence-corrected chi connectivity index (χ0v) is 19.9. The van der Waals surface area contributed by atoms with Gasteiger partial charge in [0.05, 0.1) is 11.5 Å². The predicted molar refractivity (Wildman–Crippen MR) is 127 cm³/mol. The van der Waals surface area contributed by atoms with Gasteiger partial charge in [-0.05, 0) is 62.1 Å². The Labute approximate surface area is 195 Å². The highest BCUT2D eigenvalue weighted by molar-refractivity contribution is 7.89. The van der Waals surface area contributed by atoms with Gasteiger partial charge in [-0.25, -0.2) is 8.42 Å². The van der Waals surface area contributed by atoms with Gasteiger partial charge in [0.1, 0.15) is 5.75 Å². The summed E-state index contributed by atoms with van der Waals surface area (Å²) >= 11 is 0. The number of nitrogens with one attached hydrogen (secondary N) is 2. The molecule has 1 aliphatic heterocycles. The van der Waals surface area contributed by atoms with E-state index in [1.165, 1.54) is 23.4 Å². The first-order valence-corrected chi connectivity index (χ1v) is 12.6. The van der Waals surface area contributed by atoms with E-state index in [9.17, 15) is 18.0 Å². The molecular weight excluding hydrogens is 442 g/mol. The van der Waals surface area contributed by atoms with Crippen molar-refractivity contribution in [1.82, 2.24) is 9.62 Å². The van der Waals surface area contributed by atoms with Crippen LogP contribution in [0.1, 0.15) is 38.7 Å². The maximum atomic E-state index is 12.9. The minimum atomic E-state index is -3.62. The molecule has 178 valence electrons. The Hall–Kier alpha value is -2.91. The normalized spacial score (nSPS) is 15.1. The fourth-order valence-corrected chi connectivity index (χ4v) is 5.33. The molecule has 0 unspecified atom stereocenters. The molecule has 8 nitrogen and oxygen atoms in total. The molecule has 0 bridgehead atoms. The fraction of sp³-hybridized carbons (Fsp3) is 0.417. The molecule has 1 saturated heterocycles. The van der Waals surface area contributed by atoms with Gasteiger partial charge in [0.2, 0.25) is 21.8 Å². The molecule has 2 amide bonds. The number of piperidine rings is 1. The number of anilines is 1. The number of rotatable bonds is 9. The van der Waals surface area contributed by atoms with Crippen molar-refractivity contribution < 1.29 is 22.7 Å². The molecule has 1 heterocycles. The first-order valence-electron chi connectivity index (χ1n) is 11.2. The molecule has 2 aromatic rings. The van der Waals surface area contributed by atoms with Crippen LogP contribution in [0.25, 0.3) is 0 Å². The molecule has 2 N–H and O–H groups in total. The predicted octanol–water partition coefficient (Wildman–Crippen LogP) is 2.95. The maximum Gasteiger partial charge on any atom is 0.243 e. The first kappa shape index (κ1) is 24.7. The van der Waals surface area contributed by atoms with Crippen molar-refractivity contribution in [3.05, 3.63) is 54.1 Å². The number of carbonyl (C=O) groups excluding carboxylic acids is 2. The molecule has 3 rings (SSSR count). The number of aryl methyl sites for hydroxylation is 1. The molecular formula is C24H31N3O5S. The van der Waals surface area contributed by atoms with E-state index >= 15 is 0 Å². The Morgan fingerprint density at radius 1 is 1.06 bits per heavy atom. The van der Waals surface area contributed by atoms with Crippen molar-refractivity contribution >= 4 is 27.5 Å². The van der Waals surface area contributed by atoms with Crippen LogP contribution < -0.4 is 15.4 Å². The third-order valence-electron chi connectivity index (χ3n) is 5.53. The summed E-state index contributed by atoms with van der Waals surface area (Å²) in [6, 6.07) is 13.8. The van der Waals surface area contributed by atoms with Gasteiger partial charge in [0, 0.05) is 38.2 Å². The van der Waals surface area contributed by atoms with E-state index in [1.807, 2.05) is 31.2 Å². The Balaban J connectivity index is 1.49. The molecule has 0 radical (unpaired) electrons. The Bertz CT molecular complexity index is 1060. The van der Waals surface area contributed by atoms with Gasteiger partial charge >= 0.3 is 0 Å². The monoisotopic (exact) mass is 473 g/mol. The number of hydrogen-bond donors (Lipinski definition) is 2. The lowest BCUT2D eigenvalue weighted by Crippen LogP contribution is -2.46. The third-order valence-corrected chi connectivity index (χ3v) is 7.44. The molecule has 0 saturated carbocycles. The quantitative estimate of drug-likeness (QED) is 0.583. The van der Waals surface area contributed by atoms with Crippen molar-refractivity contribution in [3.63, 3.8) is 0 Å². The van der Waals surface area contributed by atoms with Gasteiger partial charge in [0.15, 0.2) is 0 Å². The highest BCUT2D eigenvalue weighted by Gasteiger charge is 2.30. The van der Waals surface area contributed by atoms with Crippen molar-refractivity contribution in [2.24, 2.45) is 0 Å². The third kappa shape index (κ3) is 6.79. The topological polar surface area (TPSA) is 105 Å². The number of amides is 2. The fourth-order valence-electron chi connectivity index (χ4n) is 3.86. The van der Waals surface area contributed by atoms with E-state index in [0.29, 0.717) is 51.1 Å². The van der Waals surface area contributed by atoms with Crippen LogP contribution >= 0.6 is 0 Å². The highest BCUT2D eigenvalue weighted by Crippen LogP contribution is 2.23. The summed E-state index contributed by atoms with van der Waals surface area (Å²) in [6.45, 7) is 4.58. The molecule has 0 spiro atoms. The summed E-state index contributed by atoms with van der Waals surface area (Å²) in [5.74, 6) is 0.542. The number of nitrogens with zero attached hydrogens (tertiary/aromatic N) is 1. The zero-order valence-electron chi connectivity index (χ0n) is 19.0. The Kier molecular flexibility index (Phi) is 8.46. The van der Waals surface area contributed by atoms with Crippen LogP contribution in [0.15, 0.2) is 53.4 Å². The summed E-state index contributed by atoms with van der Waals surface area (Å²) < 4.78 is 32.9. The van der Waals surface area contributed by atoms with Crippen molar-refractivity contribution in [1.29, 1.82) is 0 Å². The van der Waals surface area contributed by atoms with Crippen LogP contribution in [-0.2, 0) is 26.0 Å². The summed E-state index contributed by atoms with van der Waals surface area (Å²) in [4.78, 5) is 23.8. The number of hydrogen-bond acceptors (Lipinski definition) is 5. The van der Waals surface area contributed by atoms with Crippen LogP contribution in [0.2, 0.25) is 0 Å². The van der Waals surface area contributed by atoms with Crippen LogP contribution in [0.3, 0.4) is 0 Å². The standard InChI is InChI=1S/C24H31N3O5S/c1-3-32-23-7-5-4-6-19(23)8-13-24(29)26-21-14-16-27(17-15-21)33(30,31)22-11-9-20(10-12-22)25-18(2)28/h4-7,9-12,21H,3,8,13-17H2,1-2H3,(H,25,28)(H,26,29). The number of carbonyl (C=O) groups is 2. The summed E-state index contributed by atoms with van der Waals surface area (Å²) in [5, 5.41) is 5.66. The minimum absolute atomic E-state index is 0.0452. The highest BCUT2D eigenvalue weighted by atomic mass is 32.2. The second-order valence-corrected chi connectivity index (χ2v) is 9.93. The lowest BCUT2D eigenvalue weighted by atomic mass is 10.1. The second kappa shape index (κ2) is 11.3. The molecule has 0 aliphatic carbocycles. The average molecular weight is 474 g/mol. The zero-order chi connectivity index (χ0) is 23.8. The summed E-state index contributed by atoms with van der Waals surface area (Å²) in [6.07, 6.45) is 2.06. The van der Waals surface area contributed by atoms with E-state index in [2.05, 4.69) is 10.6 Å². The van der Waals surface area contributed by atoms with Gasteiger partial charge in [-0.15, -0.1) is 0 Å². The van der Waals surface area contributed by atoms with Gasteiger partial charge in [0.25, 0.3) is 0 Å².